The number of nitrogen functional groups attached to an aromatic ring is 1. The first-order valence-corrected chi connectivity index (χ1v) is 5.90. The molecule has 0 aliphatic carbocycles. The predicted octanol–water partition coefficient (Wildman–Crippen LogP) is 2.65. The quantitative estimate of drug-likeness (QED) is 0.795. The normalized spacial score (nSPS) is 13.2. The van der Waals surface area contributed by atoms with Crippen LogP contribution in [0.1, 0.15) is 27.2 Å². The van der Waals surface area contributed by atoms with Gasteiger partial charge in [-0.05, 0) is 34.8 Å². The van der Waals surface area contributed by atoms with E-state index < -0.39 is 0 Å². The summed E-state index contributed by atoms with van der Waals surface area (Å²) < 4.78 is 4.74. The number of nitrogens with zero attached hydrogens (tertiary/aromatic N) is 2. The van der Waals surface area contributed by atoms with Crippen LogP contribution in [-0.4, -0.2) is 16.4 Å². The zero-order valence-corrected chi connectivity index (χ0v) is 10.4. The number of hydrogen-bond donors (Lipinski definition) is 2. The van der Waals surface area contributed by atoms with Crippen molar-refractivity contribution in [2.75, 3.05) is 11.1 Å². The first kappa shape index (κ1) is 11.7. The van der Waals surface area contributed by atoms with Crippen LogP contribution in [0.15, 0.2) is 16.8 Å². The van der Waals surface area contributed by atoms with Crippen LogP contribution >= 0.6 is 0 Å². The minimum Gasteiger partial charge on any atom is -0.397 e. The van der Waals surface area contributed by atoms with E-state index in [1.807, 2.05) is 12.1 Å². The summed E-state index contributed by atoms with van der Waals surface area (Å²) in [6.07, 6.45) is 1.05. The third kappa shape index (κ3) is 2.18. The standard InChI is InChI=1S/C12H18N4O/c1-4-9(7(2)3)14-10-6-5-8(13)11-12(10)16-17-15-11/h5-7,9,14H,4,13H2,1-3H3. The summed E-state index contributed by atoms with van der Waals surface area (Å²) in [7, 11) is 0. The Labute approximate surface area is 100 Å². The fraction of sp³-hybridized carbons (Fsp3) is 0.500. The van der Waals surface area contributed by atoms with E-state index in [1.165, 1.54) is 0 Å². The lowest BCUT2D eigenvalue weighted by molar-refractivity contribution is 0.315. The van der Waals surface area contributed by atoms with Crippen LogP contribution < -0.4 is 11.1 Å². The van der Waals surface area contributed by atoms with E-state index >= 15 is 0 Å². The summed E-state index contributed by atoms with van der Waals surface area (Å²) >= 11 is 0. The Bertz CT molecular complexity index is 506. The van der Waals surface area contributed by atoms with Crippen molar-refractivity contribution in [1.82, 2.24) is 10.3 Å². The smallest absolute Gasteiger partial charge is 0.160 e. The van der Waals surface area contributed by atoms with Gasteiger partial charge in [0.1, 0.15) is 0 Å². The number of nitrogens with one attached hydrogen (secondary N) is 1. The summed E-state index contributed by atoms with van der Waals surface area (Å²) in [5, 5.41) is 11.2. The summed E-state index contributed by atoms with van der Waals surface area (Å²) in [4.78, 5) is 0. The van der Waals surface area contributed by atoms with Gasteiger partial charge in [0.25, 0.3) is 0 Å². The fourth-order valence-electron chi connectivity index (χ4n) is 1.94. The Morgan fingerprint density at radius 1 is 1.29 bits per heavy atom. The maximum Gasteiger partial charge on any atom is 0.160 e. The fourth-order valence-corrected chi connectivity index (χ4v) is 1.94. The largest absolute Gasteiger partial charge is 0.397 e. The number of nitrogens with two attached hydrogens (primary N) is 1. The summed E-state index contributed by atoms with van der Waals surface area (Å²) in [5.41, 5.74) is 8.63. The number of anilines is 2. The van der Waals surface area contributed by atoms with Crippen molar-refractivity contribution in [1.29, 1.82) is 0 Å². The third-order valence-electron chi connectivity index (χ3n) is 3.03. The topological polar surface area (TPSA) is 77.0 Å². The van der Waals surface area contributed by atoms with E-state index in [-0.39, 0.29) is 0 Å². The molecule has 92 valence electrons. The van der Waals surface area contributed by atoms with Gasteiger partial charge >= 0.3 is 0 Å². The Hall–Kier alpha value is -1.78. The zero-order valence-electron chi connectivity index (χ0n) is 10.4. The van der Waals surface area contributed by atoms with Crippen LogP contribution in [0.25, 0.3) is 11.0 Å². The monoisotopic (exact) mass is 234 g/mol. The van der Waals surface area contributed by atoms with Gasteiger partial charge in [-0.2, -0.15) is 0 Å². The molecule has 1 heterocycles. The second-order valence-electron chi connectivity index (χ2n) is 4.57. The SMILES string of the molecule is CCC(Nc1ccc(N)c2nonc12)C(C)C. The second-order valence-corrected chi connectivity index (χ2v) is 4.57. The molecule has 0 fully saturated rings. The van der Waals surface area contributed by atoms with Gasteiger partial charge in [-0.15, -0.1) is 0 Å². The highest BCUT2D eigenvalue weighted by atomic mass is 16.6. The molecule has 5 nitrogen and oxygen atoms in total. The molecule has 17 heavy (non-hydrogen) atoms. The van der Waals surface area contributed by atoms with Crippen molar-refractivity contribution in [2.24, 2.45) is 5.92 Å². The van der Waals surface area contributed by atoms with Gasteiger partial charge in [-0.25, -0.2) is 4.63 Å². The molecule has 1 atom stereocenters. The molecule has 3 N–H and O–H groups in total. The van der Waals surface area contributed by atoms with E-state index in [2.05, 4.69) is 36.4 Å². The van der Waals surface area contributed by atoms with Crippen molar-refractivity contribution < 1.29 is 4.63 Å². The third-order valence-corrected chi connectivity index (χ3v) is 3.03. The number of aromatic nitrogens is 2. The lowest BCUT2D eigenvalue weighted by atomic mass is 10.0. The van der Waals surface area contributed by atoms with Crippen molar-refractivity contribution >= 4 is 22.4 Å². The summed E-state index contributed by atoms with van der Waals surface area (Å²) in [6, 6.07) is 4.15. The molecular formula is C12H18N4O. The van der Waals surface area contributed by atoms with Gasteiger partial charge in [0.2, 0.25) is 0 Å². The first-order valence-electron chi connectivity index (χ1n) is 5.90. The molecule has 0 saturated carbocycles. The maximum absolute atomic E-state index is 5.80. The Morgan fingerprint density at radius 2 is 2.00 bits per heavy atom. The molecular weight excluding hydrogens is 216 g/mol. The van der Waals surface area contributed by atoms with Crippen LogP contribution in [0.3, 0.4) is 0 Å². The number of benzene rings is 1. The van der Waals surface area contributed by atoms with Crippen molar-refractivity contribution in [3.63, 3.8) is 0 Å². The second kappa shape index (κ2) is 4.61. The molecule has 0 aliphatic rings. The molecule has 1 aromatic carbocycles. The average Bonchev–Trinajstić information content (AvgIpc) is 2.78. The van der Waals surface area contributed by atoms with Crippen LogP contribution in [-0.2, 0) is 0 Å². The van der Waals surface area contributed by atoms with E-state index in [0.29, 0.717) is 28.7 Å². The van der Waals surface area contributed by atoms with Crippen LogP contribution in [0.4, 0.5) is 11.4 Å². The van der Waals surface area contributed by atoms with Gasteiger partial charge in [-0.3, -0.25) is 0 Å². The van der Waals surface area contributed by atoms with Gasteiger partial charge < -0.3 is 11.1 Å². The highest BCUT2D eigenvalue weighted by Gasteiger charge is 2.15. The molecule has 0 spiro atoms. The highest BCUT2D eigenvalue weighted by molar-refractivity contribution is 5.95. The van der Waals surface area contributed by atoms with E-state index in [0.717, 1.165) is 12.1 Å². The molecule has 2 rings (SSSR count). The summed E-state index contributed by atoms with van der Waals surface area (Å²) in [5.74, 6) is 0.549. The molecule has 0 saturated heterocycles. The molecule has 2 aromatic rings. The minimum absolute atomic E-state index is 0.401. The van der Waals surface area contributed by atoms with Crippen LogP contribution in [0.2, 0.25) is 0 Å². The lowest BCUT2D eigenvalue weighted by Gasteiger charge is -2.21. The minimum atomic E-state index is 0.401. The molecule has 1 unspecified atom stereocenters. The highest BCUT2D eigenvalue weighted by Crippen LogP contribution is 2.26. The number of hydrogen-bond acceptors (Lipinski definition) is 5. The molecule has 0 aliphatic heterocycles. The molecule has 0 radical (unpaired) electrons. The van der Waals surface area contributed by atoms with Crippen molar-refractivity contribution in [3.05, 3.63) is 12.1 Å². The van der Waals surface area contributed by atoms with Crippen molar-refractivity contribution in [3.8, 4) is 0 Å². The Kier molecular flexibility index (Phi) is 3.17. The predicted molar refractivity (Wildman–Crippen MR) is 68.8 cm³/mol. The summed E-state index contributed by atoms with van der Waals surface area (Å²) in [6.45, 7) is 6.54. The average molecular weight is 234 g/mol. The number of fused-ring (bicyclic) bond motifs is 1. The number of rotatable bonds is 4. The van der Waals surface area contributed by atoms with Crippen LogP contribution in [0, 0.1) is 5.92 Å². The molecule has 5 heteroatoms. The van der Waals surface area contributed by atoms with Gasteiger partial charge in [0, 0.05) is 6.04 Å². The van der Waals surface area contributed by atoms with Gasteiger partial charge in [0.05, 0.1) is 11.4 Å². The van der Waals surface area contributed by atoms with Gasteiger partial charge in [0.15, 0.2) is 11.0 Å². The van der Waals surface area contributed by atoms with E-state index in [1.54, 1.807) is 0 Å². The Morgan fingerprint density at radius 3 is 2.65 bits per heavy atom. The molecule has 1 aromatic heterocycles. The molecule has 0 amide bonds. The van der Waals surface area contributed by atoms with Crippen LogP contribution in [0.5, 0.6) is 0 Å². The van der Waals surface area contributed by atoms with Crippen molar-refractivity contribution in [2.45, 2.75) is 33.2 Å². The van der Waals surface area contributed by atoms with E-state index in [9.17, 15) is 0 Å². The molecule has 0 bridgehead atoms. The lowest BCUT2D eigenvalue weighted by Crippen LogP contribution is -2.24. The Balaban J connectivity index is 2.36. The first-order chi connectivity index (χ1) is 8.13. The maximum atomic E-state index is 5.80. The van der Waals surface area contributed by atoms with Gasteiger partial charge in [-0.1, -0.05) is 20.8 Å². The van der Waals surface area contributed by atoms with E-state index in [4.69, 9.17) is 10.4 Å². The zero-order chi connectivity index (χ0) is 12.4.